The SMILES string of the molecule is CCn1c(=O)c2c(ncn2[C@H](C)c2ccccc2)n(-c2cccc(Cl)c2)c1=O. The van der Waals surface area contributed by atoms with Crippen molar-refractivity contribution in [1.29, 1.82) is 0 Å². The van der Waals surface area contributed by atoms with Crippen LogP contribution in [0, 0.1) is 0 Å². The fourth-order valence-electron chi connectivity index (χ4n) is 3.46. The number of benzene rings is 2. The highest BCUT2D eigenvalue weighted by Crippen LogP contribution is 2.23. The van der Waals surface area contributed by atoms with Crippen LogP contribution in [0.15, 0.2) is 70.5 Å². The Morgan fingerprint density at radius 2 is 1.82 bits per heavy atom. The lowest BCUT2D eigenvalue weighted by Gasteiger charge is -2.16. The van der Waals surface area contributed by atoms with E-state index in [9.17, 15) is 9.59 Å². The van der Waals surface area contributed by atoms with Crippen LogP contribution in [0.4, 0.5) is 0 Å². The summed E-state index contributed by atoms with van der Waals surface area (Å²) in [6, 6.07) is 16.7. The molecular weight excluding hydrogens is 376 g/mol. The molecule has 0 N–H and O–H groups in total. The van der Waals surface area contributed by atoms with Crippen molar-refractivity contribution >= 4 is 22.8 Å². The molecule has 0 aliphatic carbocycles. The van der Waals surface area contributed by atoms with E-state index in [2.05, 4.69) is 4.98 Å². The highest BCUT2D eigenvalue weighted by molar-refractivity contribution is 6.30. The Morgan fingerprint density at radius 1 is 1.07 bits per heavy atom. The molecule has 0 amide bonds. The van der Waals surface area contributed by atoms with Crippen molar-refractivity contribution < 1.29 is 0 Å². The van der Waals surface area contributed by atoms with Gasteiger partial charge in [0.2, 0.25) is 0 Å². The van der Waals surface area contributed by atoms with Gasteiger partial charge in [-0.15, -0.1) is 0 Å². The summed E-state index contributed by atoms with van der Waals surface area (Å²) in [6.45, 7) is 4.04. The number of hydrogen-bond donors (Lipinski definition) is 0. The zero-order chi connectivity index (χ0) is 19.8. The van der Waals surface area contributed by atoms with Crippen molar-refractivity contribution in [2.45, 2.75) is 26.4 Å². The minimum atomic E-state index is -0.431. The Hall–Kier alpha value is -3.12. The summed E-state index contributed by atoms with van der Waals surface area (Å²) in [5.41, 5.74) is 1.55. The van der Waals surface area contributed by atoms with E-state index in [0.29, 0.717) is 21.9 Å². The van der Waals surface area contributed by atoms with Gasteiger partial charge in [-0.1, -0.05) is 48.0 Å². The fourth-order valence-corrected chi connectivity index (χ4v) is 3.64. The zero-order valence-electron chi connectivity index (χ0n) is 15.5. The van der Waals surface area contributed by atoms with E-state index in [-0.39, 0.29) is 18.1 Å². The summed E-state index contributed by atoms with van der Waals surface area (Å²) < 4.78 is 4.49. The van der Waals surface area contributed by atoms with Gasteiger partial charge >= 0.3 is 5.69 Å². The summed E-state index contributed by atoms with van der Waals surface area (Å²) in [7, 11) is 0. The lowest BCUT2D eigenvalue weighted by molar-refractivity contribution is 0.631. The van der Waals surface area contributed by atoms with Crippen LogP contribution in [0.1, 0.15) is 25.5 Å². The van der Waals surface area contributed by atoms with E-state index in [1.165, 1.54) is 9.13 Å². The van der Waals surface area contributed by atoms with Crippen LogP contribution >= 0.6 is 11.6 Å². The van der Waals surface area contributed by atoms with E-state index < -0.39 is 5.69 Å². The van der Waals surface area contributed by atoms with E-state index >= 15 is 0 Å². The molecule has 28 heavy (non-hydrogen) atoms. The summed E-state index contributed by atoms with van der Waals surface area (Å²) in [5.74, 6) is 0. The first kappa shape index (κ1) is 18.3. The molecule has 2 aromatic carbocycles. The minimum Gasteiger partial charge on any atom is -0.317 e. The van der Waals surface area contributed by atoms with Crippen LogP contribution in [0.2, 0.25) is 5.02 Å². The Morgan fingerprint density at radius 3 is 2.50 bits per heavy atom. The molecule has 2 heterocycles. The van der Waals surface area contributed by atoms with E-state index in [1.807, 2.05) is 41.8 Å². The Bertz CT molecular complexity index is 1270. The Kier molecular flexibility index (Phi) is 4.65. The second kappa shape index (κ2) is 7.13. The van der Waals surface area contributed by atoms with Gasteiger partial charge in [-0.2, -0.15) is 0 Å². The standard InChI is InChI=1S/C21H19ClN4O2/c1-3-24-20(27)18-19(26(21(24)28)17-11-7-10-16(22)12-17)23-13-25(18)14(2)15-8-5-4-6-9-15/h4-14H,3H2,1-2H3/t14-/m1/s1. The molecule has 142 valence electrons. The zero-order valence-corrected chi connectivity index (χ0v) is 16.3. The number of rotatable bonds is 4. The number of imidazole rings is 1. The molecule has 0 bridgehead atoms. The van der Waals surface area contributed by atoms with Crippen molar-refractivity contribution in [3.63, 3.8) is 0 Å². The van der Waals surface area contributed by atoms with Crippen LogP contribution in [0.25, 0.3) is 16.9 Å². The fraction of sp³-hybridized carbons (Fsp3) is 0.190. The highest BCUT2D eigenvalue weighted by atomic mass is 35.5. The van der Waals surface area contributed by atoms with E-state index in [4.69, 9.17) is 11.6 Å². The predicted molar refractivity (Wildman–Crippen MR) is 111 cm³/mol. The first-order valence-corrected chi connectivity index (χ1v) is 9.44. The van der Waals surface area contributed by atoms with Gasteiger partial charge in [-0.05, 0) is 37.6 Å². The second-order valence-electron chi connectivity index (χ2n) is 6.56. The number of hydrogen-bond acceptors (Lipinski definition) is 3. The van der Waals surface area contributed by atoms with Gasteiger partial charge in [0.15, 0.2) is 11.2 Å². The number of nitrogens with zero attached hydrogens (tertiary/aromatic N) is 4. The third kappa shape index (κ3) is 2.86. The number of aromatic nitrogens is 4. The molecule has 4 rings (SSSR count). The average molecular weight is 395 g/mol. The number of fused-ring (bicyclic) bond motifs is 1. The molecule has 0 aliphatic rings. The van der Waals surface area contributed by atoms with E-state index in [0.717, 1.165) is 5.56 Å². The molecule has 7 heteroatoms. The topological polar surface area (TPSA) is 61.8 Å². The summed E-state index contributed by atoms with van der Waals surface area (Å²) >= 11 is 6.13. The molecule has 2 aromatic heterocycles. The quantitative estimate of drug-likeness (QED) is 0.531. The third-order valence-electron chi connectivity index (χ3n) is 4.94. The molecule has 0 saturated carbocycles. The third-order valence-corrected chi connectivity index (χ3v) is 5.17. The predicted octanol–water partition coefficient (Wildman–Crippen LogP) is 3.63. The van der Waals surface area contributed by atoms with Crippen LogP contribution < -0.4 is 11.2 Å². The van der Waals surface area contributed by atoms with Gasteiger partial charge in [0.25, 0.3) is 5.56 Å². The molecule has 0 saturated heterocycles. The van der Waals surface area contributed by atoms with Gasteiger partial charge in [-0.25, -0.2) is 14.3 Å². The molecule has 1 atom stereocenters. The summed E-state index contributed by atoms with van der Waals surface area (Å²) in [6.07, 6.45) is 1.62. The minimum absolute atomic E-state index is 0.116. The monoisotopic (exact) mass is 394 g/mol. The lowest BCUT2D eigenvalue weighted by atomic mass is 10.1. The van der Waals surface area contributed by atoms with Crippen LogP contribution in [-0.4, -0.2) is 18.7 Å². The largest absolute Gasteiger partial charge is 0.337 e. The maximum absolute atomic E-state index is 13.1. The molecule has 0 fully saturated rings. The van der Waals surface area contributed by atoms with Crippen molar-refractivity contribution in [3.8, 4) is 5.69 Å². The highest BCUT2D eigenvalue weighted by Gasteiger charge is 2.21. The Balaban J connectivity index is 2.06. The van der Waals surface area contributed by atoms with Gasteiger partial charge < -0.3 is 4.57 Å². The molecular formula is C21H19ClN4O2. The maximum atomic E-state index is 13.1. The molecule has 0 unspecified atom stereocenters. The van der Waals surface area contributed by atoms with Crippen molar-refractivity contribution in [1.82, 2.24) is 18.7 Å². The molecule has 6 nitrogen and oxygen atoms in total. The average Bonchev–Trinajstić information content (AvgIpc) is 3.13. The smallest absolute Gasteiger partial charge is 0.317 e. The first-order valence-electron chi connectivity index (χ1n) is 9.06. The van der Waals surface area contributed by atoms with E-state index in [1.54, 1.807) is 37.5 Å². The van der Waals surface area contributed by atoms with Gasteiger partial charge in [0.1, 0.15) is 0 Å². The second-order valence-corrected chi connectivity index (χ2v) is 6.99. The molecule has 0 spiro atoms. The van der Waals surface area contributed by atoms with Crippen molar-refractivity contribution in [2.75, 3.05) is 0 Å². The molecule has 0 aliphatic heterocycles. The van der Waals surface area contributed by atoms with Crippen LogP contribution in [-0.2, 0) is 6.54 Å². The lowest BCUT2D eigenvalue weighted by Crippen LogP contribution is -2.39. The normalized spacial score (nSPS) is 12.4. The van der Waals surface area contributed by atoms with Crippen molar-refractivity contribution in [3.05, 3.63) is 92.3 Å². The van der Waals surface area contributed by atoms with Crippen LogP contribution in [0.3, 0.4) is 0 Å². The first-order chi connectivity index (χ1) is 13.5. The Labute approximate surface area is 166 Å². The molecule has 4 aromatic rings. The van der Waals surface area contributed by atoms with Gasteiger partial charge in [-0.3, -0.25) is 9.36 Å². The van der Waals surface area contributed by atoms with Crippen LogP contribution in [0.5, 0.6) is 0 Å². The van der Waals surface area contributed by atoms with Crippen molar-refractivity contribution in [2.24, 2.45) is 0 Å². The van der Waals surface area contributed by atoms with Gasteiger partial charge in [0.05, 0.1) is 18.1 Å². The summed E-state index contributed by atoms with van der Waals surface area (Å²) in [5, 5.41) is 0.504. The van der Waals surface area contributed by atoms with Gasteiger partial charge in [0, 0.05) is 11.6 Å². The maximum Gasteiger partial charge on any atom is 0.337 e. The number of halogens is 1. The molecule has 0 radical (unpaired) electrons. The summed E-state index contributed by atoms with van der Waals surface area (Å²) in [4.78, 5) is 30.6.